The predicted octanol–water partition coefficient (Wildman–Crippen LogP) is 1.65. The second-order valence-corrected chi connectivity index (χ2v) is 6.53. The Balaban J connectivity index is 1.59. The standard InChI is InChI=1S/C16H23N7O/c1-11(2)9-13-19-15(22-21-13)20-14(24)12-5-3-8-23(10-12)16-17-6-4-7-18-16/h4,6-7,11-12H,3,5,8-10H2,1-2H3,(H2,19,20,21,22,24)/t12-/m0/s1. The van der Waals surface area contributed by atoms with Gasteiger partial charge in [0.1, 0.15) is 5.82 Å². The minimum Gasteiger partial charge on any atom is -0.340 e. The zero-order valence-corrected chi connectivity index (χ0v) is 14.1. The first-order chi connectivity index (χ1) is 11.6. The maximum atomic E-state index is 12.5. The van der Waals surface area contributed by atoms with Crippen LogP contribution >= 0.6 is 0 Å². The van der Waals surface area contributed by atoms with Gasteiger partial charge in [0, 0.05) is 31.9 Å². The zero-order valence-electron chi connectivity index (χ0n) is 14.1. The van der Waals surface area contributed by atoms with Gasteiger partial charge in [0.2, 0.25) is 17.8 Å². The summed E-state index contributed by atoms with van der Waals surface area (Å²) in [6, 6.07) is 1.79. The highest BCUT2D eigenvalue weighted by Gasteiger charge is 2.27. The molecule has 1 fully saturated rings. The van der Waals surface area contributed by atoms with Crippen molar-refractivity contribution in [2.45, 2.75) is 33.1 Å². The van der Waals surface area contributed by atoms with Crippen molar-refractivity contribution >= 4 is 17.8 Å². The summed E-state index contributed by atoms with van der Waals surface area (Å²) in [7, 11) is 0. The molecule has 0 saturated carbocycles. The number of hydrogen-bond donors (Lipinski definition) is 2. The van der Waals surface area contributed by atoms with Gasteiger partial charge in [-0.1, -0.05) is 13.8 Å². The third kappa shape index (κ3) is 4.06. The molecule has 1 aliphatic heterocycles. The van der Waals surface area contributed by atoms with Gasteiger partial charge in [-0.3, -0.25) is 15.2 Å². The Hall–Kier alpha value is -2.51. The molecular formula is C16H23N7O. The van der Waals surface area contributed by atoms with Crippen LogP contribution in [0.3, 0.4) is 0 Å². The van der Waals surface area contributed by atoms with E-state index in [9.17, 15) is 4.79 Å². The monoisotopic (exact) mass is 329 g/mol. The number of nitrogens with zero attached hydrogens (tertiary/aromatic N) is 5. The Morgan fingerprint density at radius 3 is 2.96 bits per heavy atom. The maximum absolute atomic E-state index is 12.5. The van der Waals surface area contributed by atoms with Gasteiger partial charge in [0.25, 0.3) is 0 Å². The molecule has 2 aromatic heterocycles. The highest BCUT2D eigenvalue weighted by molar-refractivity contribution is 5.91. The van der Waals surface area contributed by atoms with Crippen LogP contribution in [0.25, 0.3) is 0 Å². The molecule has 2 aromatic rings. The van der Waals surface area contributed by atoms with E-state index in [2.05, 4.69) is 49.2 Å². The lowest BCUT2D eigenvalue weighted by Gasteiger charge is -2.31. The number of rotatable bonds is 5. The highest BCUT2D eigenvalue weighted by atomic mass is 16.2. The van der Waals surface area contributed by atoms with E-state index in [4.69, 9.17) is 0 Å². The Morgan fingerprint density at radius 2 is 2.21 bits per heavy atom. The number of amides is 1. The minimum atomic E-state index is -0.116. The number of aromatic nitrogens is 5. The van der Waals surface area contributed by atoms with Gasteiger partial charge in [0.15, 0.2) is 0 Å². The molecule has 3 heterocycles. The molecule has 2 N–H and O–H groups in total. The molecule has 1 saturated heterocycles. The number of piperidine rings is 1. The molecule has 24 heavy (non-hydrogen) atoms. The molecule has 128 valence electrons. The largest absolute Gasteiger partial charge is 0.340 e. The average molecular weight is 329 g/mol. The molecule has 0 unspecified atom stereocenters. The Labute approximate surface area is 141 Å². The first kappa shape index (κ1) is 16.4. The van der Waals surface area contributed by atoms with Crippen LogP contribution in [-0.4, -0.2) is 44.1 Å². The molecule has 1 aliphatic rings. The van der Waals surface area contributed by atoms with Crippen molar-refractivity contribution in [1.29, 1.82) is 0 Å². The number of hydrogen-bond acceptors (Lipinski definition) is 6. The summed E-state index contributed by atoms with van der Waals surface area (Å²) >= 11 is 0. The van der Waals surface area contributed by atoms with Crippen molar-refractivity contribution in [3.05, 3.63) is 24.3 Å². The van der Waals surface area contributed by atoms with Crippen LogP contribution < -0.4 is 10.2 Å². The lowest BCUT2D eigenvalue weighted by molar-refractivity contribution is -0.120. The van der Waals surface area contributed by atoms with Gasteiger partial charge in [-0.2, -0.15) is 4.98 Å². The highest BCUT2D eigenvalue weighted by Crippen LogP contribution is 2.21. The van der Waals surface area contributed by atoms with Crippen LogP contribution in [0.2, 0.25) is 0 Å². The first-order valence-electron chi connectivity index (χ1n) is 8.36. The van der Waals surface area contributed by atoms with Crippen molar-refractivity contribution < 1.29 is 4.79 Å². The summed E-state index contributed by atoms with van der Waals surface area (Å²) in [5.74, 6) is 2.14. The second-order valence-electron chi connectivity index (χ2n) is 6.53. The molecule has 0 radical (unpaired) electrons. The van der Waals surface area contributed by atoms with Crippen molar-refractivity contribution in [2.24, 2.45) is 11.8 Å². The van der Waals surface area contributed by atoms with Gasteiger partial charge in [-0.25, -0.2) is 9.97 Å². The van der Waals surface area contributed by atoms with E-state index >= 15 is 0 Å². The average Bonchev–Trinajstić information content (AvgIpc) is 3.02. The molecule has 0 spiro atoms. The molecule has 0 aliphatic carbocycles. The third-order valence-electron chi connectivity index (χ3n) is 4.00. The summed E-state index contributed by atoms with van der Waals surface area (Å²) < 4.78 is 0. The van der Waals surface area contributed by atoms with Crippen LogP contribution in [0.15, 0.2) is 18.5 Å². The van der Waals surface area contributed by atoms with Crippen molar-refractivity contribution in [3.8, 4) is 0 Å². The van der Waals surface area contributed by atoms with Gasteiger partial charge in [-0.15, -0.1) is 5.10 Å². The third-order valence-corrected chi connectivity index (χ3v) is 4.00. The van der Waals surface area contributed by atoms with Gasteiger partial charge in [0.05, 0.1) is 5.92 Å². The molecule has 8 heteroatoms. The van der Waals surface area contributed by atoms with E-state index in [0.29, 0.717) is 24.4 Å². The molecule has 8 nitrogen and oxygen atoms in total. The van der Waals surface area contributed by atoms with Crippen LogP contribution in [-0.2, 0) is 11.2 Å². The first-order valence-corrected chi connectivity index (χ1v) is 8.36. The lowest BCUT2D eigenvalue weighted by atomic mass is 9.97. The molecule has 0 aromatic carbocycles. The zero-order chi connectivity index (χ0) is 16.9. The quantitative estimate of drug-likeness (QED) is 0.865. The summed E-state index contributed by atoms with van der Waals surface area (Å²) in [6.45, 7) is 5.71. The predicted molar refractivity (Wildman–Crippen MR) is 90.5 cm³/mol. The van der Waals surface area contributed by atoms with Crippen molar-refractivity contribution in [2.75, 3.05) is 23.3 Å². The fraction of sp³-hybridized carbons (Fsp3) is 0.562. The summed E-state index contributed by atoms with van der Waals surface area (Å²) in [4.78, 5) is 27.4. The van der Waals surface area contributed by atoms with E-state index in [1.165, 1.54) is 0 Å². The van der Waals surface area contributed by atoms with Crippen LogP contribution in [0.1, 0.15) is 32.5 Å². The van der Waals surface area contributed by atoms with E-state index in [1.54, 1.807) is 18.5 Å². The summed E-state index contributed by atoms with van der Waals surface area (Å²) in [5, 5.41) is 9.77. The van der Waals surface area contributed by atoms with Gasteiger partial charge < -0.3 is 4.90 Å². The Morgan fingerprint density at radius 1 is 1.42 bits per heavy atom. The van der Waals surface area contributed by atoms with E-state index < -0.39 is 0 Å². The van der Waals surface area contributed by atoms with E-state index in [0.717, 1.165) is 31.6 Å². The normalized spacial score (nSPS) is 18.0. The minimum absolute atomic E-state index is 0.0503. The number of carbonyl (C=O) groups is 1. The van der Waals surface area contributed by atoms with Crippen LogP contribution in [0, 0.1) is 11.8 Å². The van der Waals surface area contributed by atoms with Crippen LogP contribution in [0.4, 0.5) is 11.9 Å². The van der Waals surface area contributed by atoms with E-state index in [1.807, 2.05) is 0 Å². The van der Waals surface area contributed by atoms with Crippen LogP contribution in [0.5, 0.6) is 0 Å². The van der Waals surface area contributed by atoms with E-state index in [-0.39, 0.29) is 11.8 Å². The molecule has 1 amide bonds. The number of aromatic amines is 1. The molecule has 0 bridgehead atoms. The smallest absolute Gasteiger partial charge is 0.248 e. The molecule has 3 rings (SSSR count). The molecular weight excluding hydrogens is 306 g/mol. The Bertz CT molecular complexity index is 670. The number of nitrogens with one attached hydrogen (secondary N) is 2. The fourth-order valence-corrected chi connectivity index (χ4v) is 2.87. The maximum Gasteiger partial charge on any atom is 0.248 e. The summed E-state index contributed by atoms with van der Waals surface area (Å²) in [5.41, 5.74) is 0. The topological polar surface area (TPSA) is 99.7 Å². The van der Waals surface area contributed by atoms with Crippen molar-refractivity contribution in [3.63, 3.8) is 0 Å². The molecule has 1 atom stereocenters. The number of H-pyrrole nitrogens is 1. The lowest BCUT2D eigenvalue weighted by Crippen LogP contribution is -2.41. The second kappa shape index (κ2) is 7.37. The van der Waals surface area contributed by atoms with Gasteiger partial charge in [-0.05, 0) is 24.8 Å². The fourth-order valence-electron chi connectivity index (χ4n) is 2.87. The Kier molecular flexibility index (Phi) is 5.02. The number of carbonyl (C=O) groups excluding carboxylic acids is 1. The SMILES string of the molecule is CC(C)Cc1nc(NC(=O)[C@H]2CCCN(c3ncccn3)C2)n[nH]1. The van der Waals surface area contributed by atoms with Gasteiger partial charge >= 0.3 is 0 Å². The number of anilines is 2. The van der Waals surface area contributed by atoms with Crippen molar-refractivity contribution in [1.82, 2.24) is 25.1 Å². The summed E-state index contributed by atoms with van der Waals surface area (Å²) in [6.07, 6.45) is 6.03.